The first kappa shape index (κ1) is 7.64. The lowest BCUT2D eigenvalue weighted by Crippen LogP contribution is -2.16. The molecule has 0 saturated carbocycles. The molecule has 5 nitrogen and oxygen atoms in total. The van der Waals surface area contributed by atoms with Crippen LogP contribution >= 0.6 is 0 Å². The van der Waals surface area contributed by atoms with Gasteiger partial charge in [-0.2, -0.15) is 0 Å². The minimum atomic E-state index is -0.784. The molecule has 0 heterocycles. The molecule has 2 amide bonds. The summed E-state index contributed by atoms with van der Waals surface area (Å²) in [6.45, 7) is 0. The summed E-state index contributed by atoms with van der Waals surface area (Å²) in [5.41, 5.74) is 5.89. The maximum Gasteiger partial charge on any atom is 0.267 e. The number of primary amides is 1. The maximum atomic E-state index is 10.1. The van der Waals surface area contributed by atoms with Gasteiger partial charge in [-0.3, -0.25) is 14.8 Å². The predicted octanol–water partition coefficient (Wildman–Crippen LogP) is -1.47. The first-order valence-electron chi connectivity index (χ1n) is 2.08. The van der Waals surface area contributed by atoms with E-state index in [0.29, 0.717) is 0 Å². The minimum Gasteiger partial charge on any atom is -0.366 e. The third kappa shape index (κ3) is 4.49. The number of hydroxylamine groups is 1. The van der Waals surface area contributed by atoms with Crippen molar-refractivity contribution in [1.29, 1.82) is 0 Å². The van der Waals surface area contributed by atoms with Crippen molar-refractivity contribution in [2.45, 2.75) is 0 Å². The van der Waals surface area contributed by atoms with E-state index in [2.05, 4.69) is 5.73 Å². The van der Waals surface area contributed by atoms with Gasteiger partial charge in [-0.15, -0.1) is 0 Å². The van der Waals surface area contributed by atoms with Crippen LogP contribution in [-0.2, 0) is 9.59 Å². The summed E-state index contributed by atoms with van der Waals surface area (Å²) in [4.78, 5) is 20.0. The lowest BCUT2D eigenvalue weighted by molar-refractivity contribution is -0.124. The number of nitrogens with two attached hydrogens (primary N) is 1. The highest BCUT2D eigenvalue weighted by molar-refractivity contribution is 5.95. The molecule has 0 aromatic heterocycles. The summed E-state index contributed by atoms with van der Waals surface area (Å²) in [6.07, 6.45) is 1.66. The van der Waals surface area contributed by atoms with Crippen LogP contribution in [0.15, 0.2) is 12.2 Å². The molecule has 0 rings (SSSR count). The van der Waals surface area contributed by atoms with E-state index in [9.17, 15) is 9.59 Å². The summed E-state index contributed by atoms with van der Waals surface area (Å²) in [5.74, 6) is -1.52. The van der Waals surface area contributed by atoms with Gasteiger partial charge < -0.3 is 5.73 Å². The molecule has 0 aliphatic heterocycles. The molecule has 4 N–H and O–H groups in total. The lowest BCUT2D eigenvalue weighted by Gasteiger charge is -1.84. The minimum absolute atomic E-state index is 0.737. The highest BCUT2D eigenvalue weighted by atomic mass is 16.5. The van der Waals surface area contributed by atoms with E-state index in [1.54, 1.807) is 0 Å². The number of nitrogens with one attached hydrogen (secondary N) is 1. The predicted molar refractivity (Wildman–Crippen MR) is 28.3 cm³/mol. The molecule has 0 radical (unpaired) electrons. The van der Waals surface area contributed by atoms with Crippen LogP contribution in [0.2, 0.25) is 0 Å². The van der Waals surface area contributed by atoms with Crippen molar-refractivity contribution in [2.75, 3.05) is 0 Å². The zero-order valence-electron chi connectivity index (χ0n) is 4.50. The molecule has 0 aromatic rings. The number of amides is 2. The molecule has 50 valence electrons. The van der Waals surface area contributed by atoms with E-state index in [4.69, 9.17) is 5.21 Å². The Balaban J connectivity index is 3.71. The SMILES string of the molecule is NC(=O)/C=C/C(=O)NO. The van der Waals surface area contributed by atoms with Gasteiger partial charge in [0.05, 0.1) is 0 Å². The van der Waals surface area contributed by atoms with Gasteiger partial charge in [-0.25, -0.2) is 5.48 Å². The van der Waals surface area contributed by atoms with Gasteiger partial charge in [0, 0.05) is 12.2 Å². The van der Waals surface area contributed by atoms with Gasteiger partial charge in [0.2, 0.25) is 5.91 Å². The van der Waals surface area contributed by atoms with Crippen LogP contribution in [0.5, 0.6) is 0 Å². The number of carbonyl (C=O) groups excluding carboxylic acids is 2. The maximum absolute atomic E-state index is 10.1. The molecule has 0 spiro atoms. The number of carbonyl (C=O) groups is 2. The van der Waals surface area contributed by atoms with E-state index in [-0.39, 0.29) is 0 Å². The highest BCUT2D eigenvalue weighted by Gasteiger charge is 1.89. The first-order chi connectivity index (χ1) is 4.16. The van der Waals surface area contributed by atoms with E-state index < -0.39 is 11.8 Å². The van der Waals surface area contributed by atoms with Crippen LogP contribution < -0.4 is 11.2 Å². The van der Waals surface area contributed by atoms with Crippen LogP contribution in [0.1, 0.15) is 0 Å². The molecule has 0 atom stereocenters. The van der Waals surface area contributed by atoms with Crippen molar-refractivity contribution in [3.8, 4) is 0 Å². The Labute approximate surface area is 51.1 Å². The van der Waals surface area contributed by atoms with Gasteiger partial charge in [-0.05, 0) is 0 Å². The molecular formula is C4H6N2O3. The largest absolute Gasteiger partial charge is 0.366 e. The van der Waals surface area contributed by atoms with E-state index in [1.165, 1.54) is 5.48 Å². The molecule has 0 bridgehead atoms. The van der Waals surface area contributed by atoms with Crippen LogP contribution in [0, 0.1) is 0 Å². The normalized spacial score (nSPS) is 9.44. The number of rotatable bonds is 2. The summed E-state index contributed by atoms with van der Waals surface area (Å²) >= 11 is 0. The van der Waals surface area contributed by atoms with E-state index in [1.807, 2.05) is 0 Å². The van der Waals surface area contributed by atoms with E-state index in [0.717, 1.165) is 12.2 Å². The number of hydrogen-bond acceptors (Lipinski definition) is 3. The van der Waals surface area contributed by atoms with Gasteiger partial charge in [-0.1, -0.05) is 0 Å². The highest BCUT2D eigenvalue weighted by Crippen LogP contribution is 1.68. The van der Waals surface area contributed by atoms with Crippen molar-refractivity contribution in [3.63, 3.8) is 0 Å². The summed E-state index contributed by atoms with van der Waals surface area (Å²) in [6, 6.07) is 0. The second kappa shape index (κ2) is 3.62. The van der Waals surface area contributed by atoms with Crippen molar-refractivity contribution in [1.82, 2.24) is 5.48 Å². The van der Waals surface area contributed by atoms with Crippen LogP contribution in [0.25, 0.3) is 0 Å². The van der Waals surface area contributed by atoms with Crippen molar-refractivity contribution >= 4 is 11.8 Å². The molecule has 0 aliphatic rings. The van der Waals surface area contributed by atoms with Gasteiger partial charge in [0.1, 0.15) is 0 Å². The van der Waals surface area contributed by atoms with Crippen molar-refractivity contribution in [2.24, 2.45) is 5.73 Å². The fourth-order valence-corrected chi connectivity index (χ4v) is 0.195. The third-order valence-corrected chi connectivity index (χ3v) is 0.509. The Morgan fingerprint density at radius 1 is 1.44 bits per heavy atom. The Morgan fingerprint density at radius 3 is 2.33 bits per heavy atom. The van der Waals surface area contributed by atoms with E-state index >= 15 is 0 Å². The summed E-state index contributed by atoms with van der Waals surface area (Å²) in [7, 11) is 0. The third-order valence-electron chi connectivity index (χ3n) is 0.509. The Morgan fingerprint density at radius 2 is 2.00 bits per heavy atom. The molecule has 5 heteroatoms. The second-order valence-corrected chi connectivity index (χ2v) is 1.21. The topological polar surface area (TPSA) is 92.4 Å². The molecule has 9 heavy (non-hydrogen) atoms. The van der Waals surface area contributed by atoms with Crippen molar-refractivity contribution in [3.05, 3.63) is 12.2 Å². The van der Waals surface area contributed by atoms with Gasteiger partial charge in [0.25, 0.3) is 5.91 Å². The molecule has 0 unspecified atom stereocenters. The number of hydrogen-bond donors (Lipinski definition) is 3. The van der Waals surface area contributed by atoms with Gasteiger partial charge >= 0.3 is 0 Å². The fraction of sp³-hybridized carbons (Fsp3) is 0. The molecule has 0 fully saturated rings. The summed E-state index contributed by atoms with van der Waals surface area (Å²) in [5, 5.41) is 7.84. The van der Waals surface area contributed by atoms with Crippen LogP contribution in [0.4, 0.5) is 0 Å². The molecular weight excluding hydrogens is 124 g/mol. The van der Waals surface area contributed by atoms with Crippen LogP contribution in [0.3, 0.4) is 0 Å². The van der Waals surface area contributed by atoms with Gasteiger partial charge in [0.15, 0.2) is 0 Å². The fourth-order valence-electron chi connectivity index (χ4n) is 0.195. The first-order valence-corrected chi connectivity index (χ1v) is 2.08. The summed E-state index contributed by atoms with van der Waals surface area (Å²) < 4.78 is 0. The average Bonchev–Trinajstić information content (AvgIpc) is 1.83. The molecule has 0 aliphatic carbocycles. The zero-order chi connectivity index (χ0) is 7.28. The molecule has 0 aromatic carbocycles. The Hall–Kier alpha value is -1.36. The average molecular weight is 130 g/mol. The second-order valence-electron chi connectivity index (χ2n) is 1.21. The standard InChI is InChI=1S/C4H6N2O3/c5-3(7)1-2-4(8)6-9/h1-2,9H,(H2,5,7)(H,6,8)/b2-1+. The Bertz CT molecular complexity index is 152. The monoisotopic (exact) mass is 130 g/mol. The van der Waals surface area contributed by atoms with Crippen LogP contribution in [-0.4, -0.2) is 17.0 Å². The lowest BCUT2D eigenvalue weighted by atomic mass is 10.5. The Kier molecular flexibility index (Phi) is 3.07. The smallest absolute Gasteiger partial charge is 0.267 e. The molecule has 0 saturated heterocycles. The zero-order valence-corrected chi connectivity index (χ0v) is 4.50. The van der Waals surface area contributed by atoms with Crippen molar-refractivity contribution < 1.29 is 14.8 Å². The quantitative estimate of drug-likeness (QED) is 0.242.